The first-order valence-corrected chi connectivity index (χ1v) is 11.9. The largest absolute Gasteiger partial charge is 0.419 e. The lowest BCUT2D eigenvalue weighted by Gasteiger charge is -2.12. The molecular weight excluding hydrogens is 581 g/mol. The second-order valence-electron chi connectivity index (χ2n) is 8.54. The van der Waals surface area contributed by atoms with Crippen molar-refractivity contribution >= 4 is 58.0 Å². The van der Waals surface area contributed by atoms with Crippen LogP contribution in [0.1, 0.15) is 33.0 Å². The Morgan fingerprint density at radius 2 is 1.58 bits per heavy atom. The Labute approximate surface area is 226 Å². The van der Waals surface area contributed by atoms with E-state index in [2.05, 4.69) is 10.6 Å². The molecule has 4 rings (SSSR count). The number of hydrogen-bond donors (Lipinski definition) is 2. The fourth-order valence-corrected chi connectivity index (χ4v) is 5.00. The molecule has 3 aromatic rings. The Bertz CT molecular complexity index is 1460. The van der Waals surface area contributed by atoms with Crippen molar-refractivity contribution in [1.82, 2.24) is 0 Å². The smallest absolute Gasteiger partial charge is 0.326 e. The van der Waals surface area contributed by atoms with E-state index >= 15 is 0 Å². The molecule has 0 aliphatic heterocycles. The van der Waals surface area contributed by atoms with Gasteiger partial charge >= 0.3 is 6.18 Å². The Morgan fingerprint density at radius 3 is 2.24 bits per heavy atom. The minimum Gasteiger partial charge on any atom is -0.326 e. The summed E-state index contributed by atoms with van der Waals surface area (Å²) in [6.07, 6.45) is -4.97. The predicted molar refractivity (Wildman–Crippen MR) is 131 cm³/mol. The average Bonchev–Trinajstić information content (AvgIpc) is 3.42. The zero-order valence-corrected chi connectivity index (χ0v) is 21.3. The Hall–Kier alpha value is -2.95. The number of rotatable bonds is 5. The number of nitrogens with one attached hydrogen (secondary N) is 2. The van der Waals surface area contributed by atoms with Gasteiger partial charge in [0.15, 0.2) is 5.82 Å². The Balaban J connectivity index is 1.53. The van der Waals surface area contributed by atoms with E-state index in [0.29, 0.717) is 12.1 Å². The van der Waals surface area contributed by atoms with E-state index < -0.39 is 57.2 Å². The molecule has 200 valence electrons. The topological polar surface area (TPSA) is 58.2 Å². The molecule has 2 N–H and O–H groups in total. The maximum Gasteiger partial charge on any atom is 0.419 e. The highest BCUT2D eigenvalue weighted by Crippen LogP contribution is 2.65. The van der Waals surface area contributed by atoms with Crippen molar-refractivity contribution in [3.8, 4) is 0 Å². The molecule has 13 heteroatoms. The summed E-state index contributed by atoms with van der Waals surface area (Å²) in [5.74, 6) is -7.20. The normalized spacial score (nSPS) is 18.2. The van der Waals surface area contributed by atoms with Gasteiger partial charge in [0.2, 0.25) is 5.91 Å². The van der Waals surface area contributed by atoms with Gasteiger partial charge in [-0.25, -0.2) is 13.2 Å². The molecule has 3 aromatic carbocycles. The van der Waals surface area contributed by atoms with Crippen LogP contribution in [-0.4, -0.2) is 16.1 Å². The van der Waals surface area contributed by atoms with Crippen molar-refractivity contribution in [3.63, 3.8) is 0 Å². The number of hydrogen-bond acceptors (Lipinski definition) is 2. The minimum absolute atomic E-state index is 0.0465. The zero-order chi connectivity index (χ0) is 28.2. The van der Waals surface area contributed by atoms with Crippen molar-refractivity contribution in [1.29, 1.82) is 0 Å². The first-order valence-electron chi connectivity index (χ1n) is 10.7. The number of carbonyl (C=O) groups excluding carboxylic acids is 2. The quantitative estimate of drug-likeness (QED) is 0.233. The fraction of sp³-hybridized carbons (Fsp3) is 0.200. The summed E-state index contributed by atoms with van der Waals surface area (Å²) < 4.78 is 79.0. The molecule has 0 spiro atoms. The summed E-state index contributed by atoms with van der Waals surface area (Å²) in [6, 6.07) is 8.00. The van der Waals surface area contributed by atoms with Gasteiger partial charge in [-0.2, -0.15) is 13.2 Å². The van der Waals surface area contributed by atoms with Crippen LogP contribution < -0.4 is 10.6 Å². The van der Waals surface area contributed by atoms with E-state index in [1.54, 1.807) is 0 Å². The molecular formula is C25H15Cl3F6N2O2. The SMILES string of the molecule is Cc1c(F)ccc(NC(=O)c2cc(NC(=O)[C@H]3[C@H](c4ccc(F)c(C(F)(F)F)c4)C3(Cl)Cl)ccc2Cl)c1F. The van der Waals surface area contributed by atoms with Gasteiger partial charge in [-0.3, -0.25) is 9.59 Å². The molecule has 0 aromatic heterocycles. The summed E-state index contributed by atoms with van der Waals surface area (Å²) in [5, 5.41) is 4.68. The van der Waals surface area contributed by atoms with Crippen molar-refractivity contribution in [2.75, 3.05) is 10.6 Å². The first kappa shape index (κ1) is 28.1. The van der Waals surface area contributed by atoms with Gasteiger partial charge < -0.3 is 10.6 Å². The molecule has 1 fully saturated rings. The fourth-order valence-electron chi connectivity index (χ4n) is 3.97. The van der Waals surface area contributed by atoms with Crippen LogP contribution >= 0.6 is 34.8 Å². The van der Waals surface area contributed by atoms with Gasteiger partial charge in [0.25, 0.3) is 5.91 Å². The molecule has 1 aliphatic rings. The van der Waals surface area contributed by atoms with Gasteiger partial charge in [-0.15, -0.1) is 23.2 Å². The maximum atomic E-state index is 14.3. The summed E-state index contributed by atoms with van der Waals surface area (Å²) >= 11 is 18.5. The summed E-state index contributed by atoms with van der Waals surface area (Å²) in [5.41, 5.74) is -2.34. The molecule has 38 heavy (non-hydrogen) atoms. The summed E-state index contributed by atoms with van der Waals surface area (Å²) in [4.78, 5) is 25.6. The van der Waals surface area contributed by atoms with Gasteiger partial charge in [0, 0.05) is 17.2 Å². The highest BCUT2D eigenvalue weighted by Gasteiger charge is 2.67. The summed E-state index contributed by atoms with van der Waals surface area (Å²) in [7, 11) is 0. The average molecular weight is 596 g/mol. The maximum absolute atomic E-state index is 14.3. The number of carbonyl (C=O) groups is 2. The minimum atomic E-state index is -4.97. The van der Waals surface area contributed by atoms with Crippen LogP contribution in [0.2, 0.25) is 5.02 Å². The number of anilines is 2. The van der Waals surface area contributed by atoms with E-state index in [0.717, 1.165) is 18.2 Å². The molecule has 0 bridgehead atoms. The second-order valence-corrected chi connectivity index (χ2v) is 10.4. The third-order valence-corrected chi connectivity index (χ3v) is 7.31. The molecule has 0 unspecified atom stereocenters. The van der Waals surface area contributed by atoms with Crippen LogP contribution in [0, 0.1) is 30.3 Å². The molecule has 2 atom stereocenters. The van der Waals surface area contributed by atoms with E-state index in [9.17, 15) is 35.9 Å². The molecule has 4 nitrogen and oxygen atoms in total. The molecule has 1 saturated carbocycles. The van der Waals surface area contributed by atoms with Crippen LogP contribution in [0.3, 0.4) is 0 Å². The van der Waals surface area contributed by atoms with Crippen LogP contribution in [0.15, 0.2) is 48.5 Å². The van der Waals surface area contributed by atoms with Crippen LogP contribution in [0.25, 0.3) is 0 Å². The van der Waals surface area contributed by atoms with Gasteiger partial charge in [0.1, 0.15) is 16.0 Å². The van der Waals surface area contributed by atoms with E-state index in [4.69, 9.17) is 34.8 Å². The van der Waals surface area contributed by atoms with Crippen LogP contribution in [0.5, 0.6) is 0 Å². The van der Waals surface area contributed by atoms with Crippen molar-refractivity contribution in [2.45, 2.75) is 23.4 Å². The molecule has 2 amide bonds. The highest BCUT2D eigenvalue weighted by molar-refractivity contribution is 6.53. The Morgan fingerprint density at radius 1 is 0.921 bits per heavy atom. The molecule has 0 radical (unpaired) electrons. The number of halogens is 9. The Kier molecular flexibility index (Phi) is 7.37. The molecule has 0 saturated heterocycles. The third kappa shape index (κ3) is 5.30. The zero-order valence-electron chi connectivity index (χ0n) is 19.0. The third-order valence-electron chi connectivity index (χ3n) is 6.04. The van der Waals surface area contributed by atoms with E-state index in [1.165, 1.54) is 25.1 Å². The van der Waals surface area contributed by atoms with E-state index in [1.807, 2.05) is 0 Å². The molecule has 0 heterocycles. The highest BCUT2D eigenvalue weighted by atomic mass is 35.5. The van der Waals surface area contributed by atoms with Crippen LogP contribution in [0.4, 0.5) is 37.7 Å². The van der Waals surface area contributed by atoms with Gasteiger partial charge in [0.05, 0.1) is 27.8 Å². The number of alkyl halides is 5. The lowest BCUT2D eigenvalue weighted by molar-refractivity contribution is -0.140. The monoisotopic (exact) mass is 594 g/mol. The van der Waals surface area contributed by atoms with Crippen molar-refractivity contribution < 1.29 is 35.9 Å². The summed E-state index contributed by atoms with van der Waals surface area (Å²) in [6.45, 7) is 1.19. The molecule has 1 aliphatic carbocycles. The second kappa shape index (κ2) is 9.98. The van der Waals surface area contributed by atoms with Gasteiger partial charge in [-0.1, -0.05) is 17.7 Å². The number of amides is 2. The lowest BCUT2D eigenvalue weighted by atomic mass is 10.0. The predicted octanol–water partition coefficient (Wildman–Crippen LogP) is 7.86. The van der Waals surface area contributed by atoms with E-state index in [-0.39, 0.29) is 33.1 Å². The standard InChI is InChI=1S/C25H15Cl3F6N2O2/c1-10-16(29)6-7-18(21(10)31)36-22(37)13-9-12(3-4-15(13)26)35-23(38)20-19(24(20,27)28)11-2-5-17(30)14(8-11)25(32,33)34/h2-9,19-20H,1H3,(H,35,38)(H,36,37)/t19-,20+/m0/s1. The van der Waals surface area contributed by atoms with Gasteiger partial charge in [-0.05, 0) is 55.0 Å². The first-order chi connectivity index (χ1) is 17.6. The van der Waals surface area contributed by atoms with Crippen LogP contribution in [-0.2, 0) is 11.0 Å². The van der Waals surface area contributed by atoms with Crippen molar-refractivity contribution in [3.05, 3.63) is 93.3 Å². The lowest BCUT2D eigenvalue weighted by Crippen LogP contribution is -2.18. The number of benzene rings is 3. The van der Waals surface area contributed by atoms with Crippen molar-refractivity contribution in [2.24, 2.45) is 5.92 Å².